The van der Waals surface area contributed by atoms with Gasteiger partial charge < -0.3 is 5.32 Å². The Morgan fingerprint density at radius 1 is 0.812 bits per heavy atom. The molecule has 0 bridgehead atoms. The van der Waals surface area contributed by atoms with Gasteiger partial charge in [-0.1, -0.05) is 64.6 Å². The molecule has 0 aromatic heterocycles. The number of carbonyl (C=O) groups excluding carboxylic acids is 1. The third-order valence-corrected chi connectivity index (χ3v) is 7.43. The summed E-state index contributed by atoms with van der Waals surface area (Å²) in [6.07, 6.45) is 0. The number of nitrogens with zero attached hydrogens (tertiary/aromatic N) is 1. The zero-order valence-electron chi connectivity index (χ0n) is 16.6. The maximum atomic E-state index is 13.3. The van der Waals surface area contributed by atoms with E-state index in [1.54, 1.807) is 42.5 Å². The number of hydrogen-bond donors (Lipinski definition) is 1. The van der Waals surface area contributed by atoms with Crippen LogP contribution >= 0.6 is 46.4 Å². The summed E-state index contributed by atoms with van der Waals surface area (Å²) in [6.45, 7) is -0.277. The van der Waals surface area contributed by atoms with E-state index in [-0.39, 0.29) is 18.0 Å². The molecule has 1 amide bonds. The molecule has 1 N–H and O–H groups in total. The minimum atomic E-state index is -3.98. The molecular formula is C22H18Cl4N2O3S. The van der Waals surface area contributed by atoms with Gasteiger partial charge in [-0.15, -0.1) is 0 Å². The van der Waals surface area contributed by atoms with Gasteiger partial charge >= 0.3 is 0 Å². The molecule has 5 nitrogen and oxygen atoms in total. The fourth-order valence-electron chi connectivity index (χ4n) is 2.85. The second kappa shape index (κ2) is 10.9. The van der Waals surface area contributed by atoms with Crippen molar-refractivity contribution >= 4 is 62.3 Å². The lowest BCUT2D eigenvalue weighted by molar-refractivity contribution is -0.121. The van der Waals surface area contributed by atoms with E-state index in [0.29, 0.717) is 31.2 Å². The van der Waals surface area contributed by atoms with E-state index in [1.165, 1.54) is 24.3 Å². The number of rotatable bonds is 8. The summed E-state index contributed by atoms with van der Waals surface area (Å²) in [6, 6.07) is 17.4. The average molecular weight is 532 g/mol. The Labute approximate surface area is 206 Å². The van der Waals surface area contributed by atoms with Crippen LogP contribution in [-0.4, -0.2) is 25.2 Å². The minimum absolute atomic E-state index is 0.0166. The number of carbonyl (C=O) groups is 1. The van der Waals surface area contributed by atoms with E-state index in [9.17, 15) is 13.2 Å². The van der Waals surface area contributed by atoms with Crippen LogP contribution in [0.4, 0.5) is 0 Å². The van der Waals surface area contributed by atoms with Crippen LogP contribution in [0.25, 0.3) is 0 Å². The van der Waals surface area contributed by atoms with Crippen molar-refractivity contribution in [2.45, 2.75) is 18.0 Å². The molecule has 10 heteroatoms. The normalized spacial score (nSPS) is 11.5. The highest BCUT2D eigenvalue weighted by atomic mass is 35.5. The van der Waals surface area contributed by atoms with Crippen molar-refractivity contribution in [2.24, 2.45) is 0 Å². The van der Waals surface area contributed by atoms with Gasteiger partial charge in [-0.2, -0.15) is 4.31 Å². The predicted octanol–water partition coefficient (Wildman–Crippen LogP) is 5.81. The summed E-state index contributed by atoms with van der Waals surface area (Å²) in [7, 11) is -3.98. The van der Waals surface area contributed by atoms with Crippen LogP contribution < -0.4 is 5.32 Å². The highest BCUT2D eigenvalue weighted by molar-refractivity contribution is 7.89. The van der Waals surface area contributed by atoms with Crippen molar-refractivity contribution < 1.29 is 13.2 Å². The lowest BCUT2D eigenvalue weighted by Crippen LogP contribution is -2.40. The van der Waals surface area contributed by atoms with Gasteiger partial charge in [0.15, 0.2) is 0 Å². The second-order valence-corrected chi connectivity index (χ2v) is 10.5. The Hall–Kier alpha value is -1.80. The molecule has 0 spiro atoms. The van der Waals surface area contributed by atoms with Gasteiger partial charge in [-0.25, -0.2) is 8.42 Å². The van der Waals surface area contributed by atoms with Crippen LogP contribution in [0, 0.1) is 0 Å². The molecule has 0 heterocycles. The highest BCUT2D eigenvalue weighted by Crippen LogP contribution is 2.22. The third-order valence-electron chi connectivity index (χ3n) is 4.53. The molecule has 3 aromatic rings. The number of benzene rings is 3. The van der Waals surface area contributed by atoms with Crippen LogP contribution in [0.1, 0.15) is 11.1 Å². The maximum absolute atomic E-state index is 13.3. The van der Waals surface area contributed by atoms with Crippen LogP contribution in [0.5, 0.6) is 0 Å². The summed E-state index contributed by atoms with van der Waals surface area (Å²) in [5, 5.41) is 4.52. The Morgan fingerprint density at radius 2 is 1.38 bits per heavy atom. The molecule has 0 unspecified atom stereocenters. The van der Waals surface area contributed by atoms with Gasteiger partial charge in [-0.05, 0) is 59.7 Å². The zero-order chi connectivity index (χ0) is 23.3. The Morgan fingerprint density at radius 3 is 1.97 bits per heavy atom. The van der Waals surface area contributed by atoms with Crippen molar-refractivity contribution in [1.29, 1.82) is 0 Å². The molecule has 32 heavy (non-hydrogen) atoms. The van der Waals surface area contributed by atoms with Gasteiger partial charge in [0.25, 0.3) is 0 Å². The first kappa shape index (κ1) is 24.8. The lowest BCUT2D eigenvalue weighted by atomic mass is 10.2. The van der Waals surface area contributed by atoms with E-state index in [0.717, 1.165) is 4.31 Å². The number of nitrogens with one attached hydrogen (secondary N) is 1. The Kier molecular flexibility index (Phi) is 8.44. The standard InChI is InChI=1S/C22H18Cl4N2O3S/c23-17-4-1-15(2-5-17)13-28(32(30,31)20-9-7-18(24)8-10-20)14-22(29)27-12-16-3-6-19(25)11-21(16)26/h1-11H,12-14H2,(H,27,29). The molecule has 3 aromatic carbocycles. The molecule has 168 valence electrons. The number of amides is 1. The fraction of sp³-hybridized carbons (Fsp3) is 0.136. The smallest absolute Gasteiger partial charge is 0.243 e. The highest BCUT2D eigenvalue weighted by Gasteiger charge is 2.27. The first-order valence-electron chi connectivity index (χ1n) is 9.36. The zero-order valence-corrected chi connectivity index (χ0v) is 20.4. The lowest BCUT2D eigenvalue weighted by Gasteiger charge is -2.22. The van der Waals surface area contributed by atoms with Crippen LogP contribution in [-0.2, 0) is 27.9 Å². The van der Waals surface area contributed by atoms with Gasteiger partial charge in [0.1, 0.15) is 0 Å². The monoisotopic (exact) mass is 530 g/mol. The number of sulfonamides is 1. The number of hydrogen-bond acceptors (Lipinski definition) is 3. The molecule has 0 saturated heterocycles. The molecule has 0 saturated carbocycles. The largest absolute Gasteiger partial charge is 0.351 e. The van der Waals surface area contributed by atoms with Crippen molar-refractivity contribution in [1.82, 2.24) is 9.62 Å². The number of halogens is 4. The SMILES string of the molecule is O=C(CN(Cc1ccc(Cl)cc1)S(=O)(=O)c1ccc(Cl)cc1)NCc1ccc(Cl)cc1Cl. The molecule has 0 aliphatic carbocycles. The quantitative estimate of drug-likeness (QED) is 0.399. The first-order valence-corrected chi connectivity index (χ1v) is 12.3. The van der Waals surface area contributed by atoms with E-state index < -0.39 is 22.5 Å². The maximum Gasteiger partial charge on any atom is 0.243 e. The van der Waals surface area contributed by atoms with Gasteiger partial charge in [0.05, 0.1) is 11.4 Å². The molecule has 0 radical (unpaired) electrons. The van der Waals surface area contributed by atoms with Crippen molar-refractivity contribution in [3.8, 4) is 0 Å². The summed E-state index contributed by atoms with van der Waals surface area (Å²) in [5.41, 5.74) is 1.34. The van der Waals surface area contributed by atoms with Gasteiger partial charge in [0.2, 0.25) is 15.9 Å². The van der Waals surface area contributed by atoms with Gasteiger partial charge in [-0.3, -0.25) is 4.79 Å². The Bertz CT molecular complexity index is 1200. The van der Waals surface area contributed by atoms with Crippen LogP contribution in [0.15, 0.2) is 71.6 Å². The van der Waals surface area contributed by atoms with E-state index in [1.807, 2.05) is 0 Å². The van der Waals surface area contributed by atoms with E-state index >= 15 is 0 Å². The average Bonchev–Trinajstić information content (AvgIpc) is 2.74. The third kappa shape index (κ3) is 6.61. The van der Waals surface area contributed by atoms with E-state index in [2.05, 4.69) is 5.32 Å². The van der Waals surface area contributed by atoms with Crippen molar-refractivity contribution in [3.63, 3.8) is 0 Å². The van der Waals surface area contributed by atoms with Gasteiger partial charge in [0, 0.05) is 33.2 Å². The molecule has 0 atom stereocenters. The molecule has 0 fully saturated rings. The topological polar surface area (TPSA) is 66.5 Å². The Balaban J connectivity index is 1.80. The molecule has 0 aliphatic heterocycles. The van der Waals surface area contributed by atoms with Crippen molar-refractivity contribution in [2.75, 3.05) is 6.54 Å². The fourth-order valence-corrected chi connectivity index (χ4v) is 4.96. The molecule has 0 aliphatic rings. The van der Waals surface area contributed by atoms with E-state index in [4.69, 9.17) is 46.4 Å². The van der Waals surface area contributed by atoms with Crippen molar-refractivity contribution in [3.05, 3.63) is 97.9 Å². The summed E-state index contributed by atoms with van der Waals surface area (Å²) < 4.78 is 27.6. The minimum Gasteiger partial charge on any atom is -0.351 e. The molecular weight excluding hydrogens is 514 g/mol. The first-order chi connectivity index (χ1) is 15.1. The summed E-state index contributed by atoms with van der Waals surface area (Å²) in [5.74, 6) is -0.484. The van der Waals surface area contributed by atoms with Crippen LogP contribution in [0.2, 0.25) is 20.1 Å². The summed E-state index contributed by atoms with van der Waals surface area (Å²) >= 11 is 23.8. The second-order valence-electron chi connectivity index (χ2n) is 6.87. The summed E-state index contributed by atoms with van der Waals surface area (Å²) in [4.78, 5) is 12.7. The molecule has 3 rings (SSSR count). The van der Waals surface area contributed by atoms with Crippen LogP contribution in [0.3, 0.4) is 0 Å². The predicted molar refractivity (Wildman–Crippen MR) is 129 cm³/mol.